The monoisotopic (exact) mass is 742 g/mol. The zero-order valence-corrected chi connectivity index (χ0v) is 32.8. The Labute approximate surface area is 314 Å². The first kappa shape index (κ1) is 43.2. The number of carbonyl (C=O) groups is 6. The molecule has 1 aliphatic carbocycles. The first-order valence-electron chi connectivity index (χ1n) is 19.1. The number of fused-ring (bicyclic) bond motifs is 1. The minimum atomic E-state index is -1.06. The number of unbranched alkanes of at least 4 members (excludes halogenated alkanes) is 1. The van der Waals surface area contributed by atoms with Crippen LogP contribution in [-0.4, -0.2) is 105 Å². The van der Waals surface area contributed by atoms with E-state index in [2.05, 4.69) is 26.6 Å². The highest BCUT2D eigenvalue weighted by atomic mass is 16.5. The van der Waals surface area contributed by atoms with Crippen LogP contribution >= 0.6 is 0 Å². The van der Waals surface area contributed by atoms with Crippen LogP contribution in [0.2, 0.25) is 0 Å². The third kappa shape index (κ3) is 12.2. The molecule has 2 aliphatic rings. The van der Waals surface area contributed by atoms with Gasteiger partial charge in [-0.15, -0.1) is 0 Å². The average Bonchev–Trinajstić information content (AvgIpc) is 3.75. The predicted octanol–water partition coefficient (Wildman–Crippen LogP) is 3.11. The van der Waals surface area contributed by atoms with Gasteiger partial charge in [-0.2, -0.15) is 0 Å². The highest BCUT2D eigenvalue weighted by Crippen LogP contribution is 2.35. The molecule has 1 aromatic rings. The van der Waals surface area contributed by atoms with Crippen LogP contribution in [0.3, 0.4) is 0 Å². The van der Waals surface area contributed by atoms with Crippen molar-refractivity contribution in [2.24, 2.45) is 23.2 Å². The number of alkyl carbamates (subject to hydrolysis) is 1. The molecule has 0 aromatic heterocycles. The van der Waals surface area contributed by atoms with Crippen molar-refractivity contribution in [1.29, 1.82) is 0 Å². The zero-order valence-electron chi connectivity index (χ0n) is 32.8. The molecule has 1 heterocycles. The van der Waals surface area contributed by atoms with Crippen LogP contribution in [0.4, 0.5) is 9.59 Å². The standard InChI is InChI=1S/C39H62N6O8/c1-9-11-16-29(33(46)35(48)41-18-20-52-8)42-34(47)32-28(24(3)4)17-19-45(32)36(49)31(27-21-25-14-12-13-15-26(25)22-27)44-37(50)43-30(39(5,6)7)23-53-38(51)40-10-2/h12-15,24,27-32H,9-11,16-23H2,1-8H3,(H,40,51)(H,41,48)(H,42,47)(H2,43,44,50)/t28-,29?,30-,31+,32+/m1/s1. The summed E-state index contributed by atoms with van der Waals surface area (Å²) in [5.41, 5.74) is 1.69. The fourth-order valence-corrected chi connectivity index (χ4v) is 7.14. The van der Waals surface area contributed by atoms with E-state index in [0.717, 1.165) is 17.5 Å². The van der Waals surface area contributed by atoms with Crippen LogP contribution in [-0.2, 0) is 41.5 Å². The van der Waals surface area contributed by atoms with Crippen LogP contribution in [0, 0.1) is 23.2 Å². The number of nitrogens with zero attached hydrogens (tertiary/aromatic N) is 1. The van der Waals surface area contributed by atoms with Gasteiger partial charge < -0.3 is 41.0 Å². The molecule has 3 rings (SSSR count). The van der Waals surface area contributed by atoms with Crippen LogP contribution in [0.15, 0.2) is 24.3 Å². The molecule has 0 spiro atoms. The van der Waals surface area contributed by atoms with E-state index in [0.29, 0.717) is 32.2 Å². The molecular formula is C39H62N6O8. The smallest absolute Gasteiger partial charge is 0.407 e. The molecular weight excluding hydrogens is 680 g/mol. The SMILES string of the molecule is CCCCC(NC(=O)[C@@H]1[C@@H](C(C)C)CCN1C(=O)[C@@H](NC(=O)N[C@H](COC(=O)NCC)C(C)(C)C)C1Cc2ccccc2C1)C(=O)C(=O)NCCOC. The summed E-state index contributed by atoms with van der Waals surface area (Å²) in [4.78, 5) is 82.5. The van der Waals surface area contributed by atoms with Gasteiger partial charge in [0.05, 0.1) is 18.7 Å². The molecule has 14 nitrogen and oxygen atoms in total. The van der Waals surface area contributed by atoms with Crippen LogP contribution < -0.4 is 26.6 Å². The fourth-order valence-electron chi connectivity index (χ4n) is 7.14. The summed E-state index contributed by atoms with van der Waals surface area (Å²) in [5.74, 6) is -2.92. The van der Waals surface area contributed by atoms with Gasteiger partial charge >= 0.3 is 12.1 Å². The number of amides is 6. The minimum absolute atomic E-state index is 0.0218. The van der Waals surface area contributed by atoms with Gasteiger partial charge in [-0.05, 0) is 66.9 Å². The van der Waals surface area contributed by atoms with E-state index in [-0.39, 0.29) is 56.4 Å². The Bertz CT molecular complexity index is 1400. The molecule has 53 heavy (non-hydrogen) atoms. The molecule has 5 N–H and O–H groups in total. The van der Waals surface area contributed by atoms with Crippen molar-refractivity contribution in [2.45, 2.75) is 111 Å². The van der Waals surface area contributed by atoms with Crippen molar-refractivity contribution >= 4 is 35.6 Å². The van der Waals surface area contributed by atoms with Crippen LogP contribution in [0.5, 0.6) is 0 Å². The van der Waals surface area contributed by atoms with Gasteiger partial charge in [0, 0.05) is 26.7 Å². The Balaban J connectivity index is 1.90. The number of ketones is 1. The zero-order chi connectivity index (χ0) is 39.3. The van der Waals surface area contributed by atoms with Crippen LogP contribution in [0.25, 0.3) is 0 Å². The molecule has 1 aromatic carbocycles. The Kier molecular flexibility index (Phi) is 16.6. The molecule has 6 amide bonds. The fraction of sp³-hybridized carbons (Fsp3) is 0.692. The van der Waals surface area contributed by atoms with E-state index >= 15 is 0 Å². The lowest BCUT2D eigenvalue weighted by molar-refractivity contribution is -0.144. The topological polar surface area (TPSA) is 184 Å². The van der Waals surface area contributed by atoms with Crippen molar-refractivity contribution in [3.05, 3.63) is 35.4 Å². The molecule has 0 radical (unpaired) electrons. The second-order valence-corrected chi connectivity index (χ2v) is 15.6. The van der Waals surface area contributed by atoms with E-state index in [1.165, 1.54) is 7.11 Å². The maximum Gasteiger partial charge on any atom is 0.407 e. The minimum Gasteiger partial charge on any atom is -0.447 e. The average molecular weight is 743 g/mol. The van der Waals surface area contributed by atoms with Gasteiger partial charge in [0.15, 0.2) is 0 Å². The summed E-state index contributed by atoms with van der Waals surface area (Å²) in [6.07, 6.45) is 2.70. The van der Waals surface area contributed by atoms with Gasteiger partial charge in [0.25, 0.3) is 5.91 Å². The number of benzene rings is 1. The number of rotatable bonds is 18. The van der Waals surface area contributed by atoms with E-state index in [1.54, 1.807) is 11.8 Å². The Morgan fingerprint density at radius 2 is 1.60 bits per heavy atom. The second kappa shape index (κ2) is 20.3. The van der Waals surface area contributed by atoms with E-state index < -0.39 is 59.3 Å². The number of urea groups is 1. The van der Waals surface area contributed by atoms with Crippen molar-refractivity contribution in [3.63, 3.8) is 0 Å². The summed E-state index contributed by atoms with van der Waals surface area (Å²) < 4.78 is 10.3. The Morgan fingerprint density at radius 3 is 2.17 bits per heavy atom. The van der Waals surface area contributed by atoms with Crippen molar-refractivity contribution in [2.75, 3.05) is 40.0 Å². The molecule has 0 bridgehead atoms. The number of hydrogen-bond donors (Lipinski definition) is 5. The maximum absolute atomic E-state index is 14.8. The molecule has 1 unspecified atom stereocenters. The van der Waals surface area contributed by atoms with Crippen LogP contribution in [0.1, 0.15) is 85.3 Å². The summed E-state index contributed by atoms with van der Waals surface area (Å²) in [6, 6.07) is 3.79. The van der Waals surface area contributed by atoms with E-state index in [1.807, 2.05) is 65.8 Å². The summed E-state index contributed by atoms with van der Waals surface area (Å²) in [5, 5.41) is 13.9. The van der Waals surface area contributed by atoms with E-state index in [4.69, 9.17) is 9.47 Å². The first-order valence-corrected chi connectivity index (χ1v) is 19.1. The summed E-state index contributed by atoms with van der Waals surface area (Å²) in [7, 11) is 1.49. The lowest BCUT2D eigenvalue weighted by atomic mass is 9.87. The molecule has 1 aliphatic heterocycles. The predicted molar refractivity (Wildman–Crippen MR) is 201 cm³/mol. The van der Waals surface area contributed by atoms with Crippen molar-refractivity contribution in [3.8, 4) is 0 Å². The first-order chi connectivity index (χ1) is 25.1. The lowest BCUT2D eigenvalue weighted by Crippen LogP contribution is -2.61. The number of ether oxygens (including phenoxy) is 2. The van der Waals surface area contributed by atoms with Gasteiger partial charge in [0.2, 0.25) is 17.6 Å². The summed E-state index contributed by atoms with van der Waals surface area (Å²) in [6.45, 7) is 14.5. The third-order valence-electron chi connectivity index (χ3n) is 10.3. The van der Waals surface area contributed by atoms with Gasteiger partial charge in [-0.3, -0.25) is 19.2 Å². The third-order valence-corrected chi connectivity index (χ3v) is 10.3. The molecule has 14 heteroatoms. The van der Waals surface area contributed by atoms with Crippen molar-refractivity contribution < 1.29 is 38.2 Å². The van der Waals surface area contributed by atoms with E-state index in [9.17, 15) is 28.8 Å². The summed E-state index contributed by atoms with van der Waals surface area (Å²) >= 11 is 0. The number of nitrogens with one attached hydrogen (secondary N) is 5. The maximum atomic E-state index is 14.8. The Hall–Kier alpha value is -4.20. The normalized spacial score (nSPS) is 18.8. The molecule has 1 saturated heterocycles. The number of likely N-dealkylation sites (tertiary alicyclic amines) is 1. The number of carbonyl (C=O) groups excluding carboxylic acids is 6. The second-order valence-electron chi connectivity index (χ2n) is 15.6. The molecule has 296 valence electrons. The van der Waals surface area contributed by atoms with Gasteiger partial charge in [-0.25, -0.2) is 9.59 Å². The number of hydrogen-bond acceptors (Lipinski definition) is 8. The molecule has 0 saturated carbocycles. The van der Waals surface area contributed by atoms with Gasteiger partial charge in [-0.1, -0.05) is 78.6 Å². The largest absolute Gasteiger partial charge is 0.447 e. The van der Waals surface area contributed by atoms with Gasteiger partial charge in [0.1, 0.15) is 18.7 Å². The van der Waals surface area contributed by atoms with Crippen molar-refractivity contribution in [1.82, 2.24) is 31.5 Å². The molecule has 5 atom stereocenters. The highest BCUT2D eigenvalue weighted by molar-refractivity contribution is 6.38. The number of methoxy groups -OCH3 is 1. The molecule has 1 fully saturated rings. The lowest BCUT2D eigenvalue weighted by Gasteiger charge is -2.35. The highest BCUT2D eigenvalue weighted by Gasteiger charge is 2.48. The Morgan fingerprint density at radius 1 is 0.943 bits per heavy atom. The quantitative estimate of drug-likeness (QED) is 0.112. The number of Topliss-reactive ketones (excluding diaryl/α,β-unsaturated/α-hetero) is 1.